The van der Waals surface area contributed by atoms with Gasteiger partial charge in [-0.05, 0) is 67.8 Å². The van der Waals surface area contributed by atoms with E-state index < -0.39 is 0 Å². The summed E-state index contributed by atoms with van der Waals surface area (Å²) < 4.78 is 18.6. The van der Waals surface area contributed by atoms with Crippen LogP contribution in [0, 0.1) is 0 Å². The molecule has 1 N–H and O–H groups in total. The van der Waals surface area contributed by atoms with Crippen LogP contribution in [-0.4, -0.2) is 85.9 Å². The van der Waals surface area contributed by atoms with Crippen molar-refractivity contribution < 1.29 is 19.0 Å². The van der Waals surface area contributed by atoms with Crippen molar-refractivity contribution in [3.8, 4) is 17.2 Å². The molecule has 1 saturated heterocycles. The number of rotatable bonds is 14. The van der Waals surface area contributed by atoms with Crippen LogP contribution in [0.2, 0.25) is 5.02 Å². The number of para-hydroxylation sites is 2. The van der Waals surface area contributed by atoms with E-state index in [0.29, 0.717) is 47.0 Å². The van der Waals surface area contributed by atoms with Gasteiger partial charge < -0.3 is 33.9 Å². The molecule has 244 valence electrons. The molecule has 0 saturated carbocycles. The van der Waals surface area contributed by atoms with Crippen molar-refractivity contribution in [3.63, 3.8) is 0 Å². The van der Waals surface area contributed by atoms with Crippen molar-refractivity contribution in [3.05, 3.63) is 89.5 Å². The minimum absolute atomic E-state index is 0.101. The van der Waals surface area contributed by atoms with Gasteiger partial charge in [0, 0.05) is 55.8 Å². The van der Waals surface area contributed by atoms with E-state index in [1.165, 1.54) is 0 Å². The van der Waals surface area contributed by atoms with E-state index >= 15 is 0 Å². The largest absolute Gasteiger partial charge is 0.493 e. The molecule has 5 rings (SSSR count). The van der Waals surface area contributed by atoms with Crippen molar-refractivity contribution >= 4 is 34.5 Å². The molecule has 4 aromatic rings. The number of ether oxygens (including phenoxy) is 3. The first-order valence-corrected chi connectivity index (χ1v) is 16.1. The summed E-state index contributed by atoms with van der Waals surface area (Å²) in [7, 11) is 6.47. The Labute approximate surface area is 276 Å². The number of carbonyl (C=O) groups excluding carboxylic acids is 1. The van der Waals surface area contributed by atoms with Crippen LogP contribution in [0.3, 0.4) is 0 Å². The van der Waals surface area contributed by atoms with Gasteiger partial charge in [-0.3, -0.25) is 4.79 Å². The van der Waals surface area contributed by atoms with Crippen LogP contribution < -0.4 is 19.5 Å². The molecule has 3 aromatic carbocycles. The maximum absolute atomic E-state index is 13.6. The average Bonchev–Trinajstić information content (AvgIpc) is 3.42. The van der Waals surface area contributed by atoms with Crippen LogP contribution in [0.5, 0.6) is 17.2 Å². The summed E-state index contributed by atoms with van der Waals surface area (Å²) in [5.41, 5.74) is 3.70. The van der Waals surface area contributed by atoms with Crippen LogP contribution in [0.25, 0.3) is 11.0 Å². The number of hydrogen-bond donors (Lipinski definition) is 1. The van der Waals surface area contributed by atoms with E-state index in [1.54, 1.807) is 38.4 Å². The molecule has 0 radical (unpaired) electrons. The second-order valence-electron chi connectivity index (χ2n) is 11.7. The number of carbonyl (C=O) groups is 1. The standard InChI is InChI=1S/C36H44ClN5O4/c1-6-17-42-31-13-8-7-12-30(31)39-36(42)38-29-15-19-41(20-16-29)18-14-26(25-10-9-11-28(37)21-25)24-40(2)35(43)27-22-32(44-3)34(46-5)33(23-27)45-4/h6-13,21-23,26,29H,1,14-20,24H2,2-5H3,(H,38,39). The number of likely N-dealkylation sites (tertiary alicyclic amines) is 1. The predicted molar refractivity (Wildman–Crippen MR) is 185 cm³/mol. The number of halogens is 1. The number of anilines is 1. The SMILES string of the molecule is C=CCn1c(NC2CCN(CCC(CN(C)C(=O)c3cc(OC)c(OC)c(OC)c3)c3cccc(Cl)c3)CC2)nc2ccccc21. The molecule has 0 spiro atoms. The number of imidazole rings is 1. The van der Waals surface area contributed by atoms with Gasteiger partial charge in [0.1, 0.15) is 0 Å². The minimum atomic E-state index is -0.124. The first-order valence-electron chi connectivity index (χ1n) is 15.7. The minimum Gasteiger partial charge on any atom is -0.493 e. The number of fused-ring (bicyclic) bond motifs is 1. The van der Waals surface area contributed by atoms with Crippen molar-refractivity contribution in [2.75, 3.05) is 59.9 Å². The predicted octanol–water partition coefficient (Wildman–Crippen LogP) is 6.72. The third kappa shape index (κ3) is 7.59. The smallest absolute Gasteiger partial charge is 0.253 e. The molecule has 0 aliphatic carbocycles. The molecule has 46 heavy (non-hydrogen) atoms. The summed E-state index contributed by atoms with van der Waals surface area (Å²) in [6, 6.07) is 19.9. The fraction of sp³-hybridized carbons (Fsp3) is 0.389. The van der Waals surface area contributed by atoms with Crippen LogP contribution in [0.15, 0.2) is 73.3 Å². The van der Waals surface area contributed by atoms with Crippen molar-refractivity contribution in [1.29, 1.82) is 0 Å². The molecule has 1 unspecified atom stereocenters. The third-order valence-corrected chi connectivity index (χ3v) is 8.99. The van der Waals surface area contributed by atoms with E-state index in [9.17, 15) is 4.79 Å². The van der Waals surface area contributed by atoms with Crippen LogP contribution >= 0.6 is 11.6 Å². The highest BCUT2D eigenvalue weighted by Crippen LogP contribution is 2.38. The lowest BCUT2D eigenvalue weighted by Crippen LogP contribution is -2.40. The summed E-state index contributed by atoms with van der Waals surface area (Å²) in [5.74, 6) is 2.22. The molecule has 1 aliphatic rings. The Bertz CT molecular complexity index is 1620. The number of amides is 1. The number of allylic oxidation sites excluding steroid dienone is 1. The molecule has 1 aromatic heterocycles. The maximum atomic E-state index is 13.6. The summed E-state index contributed by atoms with van der Waals surface area (Å²) in [6.45, 7) is 8.08. The molecule has 1 aliphatic heterocycles. The second-order valence-corrected chi connectivity index (χ2v) is 12.2. The number of nitrogens with zero attached hydrogens (tertiary/aromatic N) is 4. The van der Waals surface area contributed by atoms with Gasteiger partial charge in [0.25, 0.3) is 5.91 Å². The van der Waals surface area contributed by atoms with Gasteiger partial charge in [0.15, 0.2) is 11.5 Å². The lowest BCUT2D eigenvalue weighted by Gasteiger charge is -2.34. The number of aromatic nitrogens is 2. The molecular formula is C36H44ClN5O4. The molecule has 1 atom stereocenters. The van der Waals surface area contributed by atoms with Crippen molar-refractivity contribution in [1.82, 2.24) is 19.4 Å². The topological polar surface area (TPSA) is 81.1 Å². The quantitative estimate of drug-likeness (QED) is 0.152. The zero-order valence-electron chi connectivity index (χ0n) is 27.2. The van der Waals surface area contributed by atoms with Crippen LogP contribution in [0.4, 0.5) is 5.95 Å². The Morgan fingerprint density at radius 1 is 1.07 bits per heavy atom. The van der Waals surface area contributed by atoms with E-state index in [1.807, 2.05) is 43.5 Å². The highest BCUT2D eigenvalue weighted by Gasteiger charge is 2.25. The number of benzene rings is 3. The van der Waals surface area contributed by atoms with Gasteiger partial charge in [0.05, 0.1) is 32.4 Å². The normalized spacial score (nSPS) is 14.5. The van der Waals surface area contributed by atoms with E-state index in [-0.39, 0.29) is 11.8 Å². The highest BCUT2D eigenvalue weighted by atomic mass is 35.5. The van der Waals surface area contributed by atoms with Crippen molar-refractivity contribution in [2.24, 2.45) is 0 Å². The zero-order chi connectivity index (χ0) is 32.6. The summed E-state index contributed by atoms with van der Waals surface area (Å²) in [5, 5.41) is 4.40. The Kier molecular flexibility index (Phi) is 11.1. The summed E-state index contributed by atoms with van der Waals surface area (Å²) >= 11 is 6.42. The van der Waals surface area contributed by atoms with Gasteiger partial charge >= 0.3 is 0 Å². The molecule has 9 nitrogen and oxygen atoms in total. The number of methoxy groups -OCH3 is 3. The molecule has 10 heteroatoms. The van der Waals surface area contributed by atoms with Gasteiger partial charge in [-0.2, -0.15) is 0 Å². The van der Waals surface area contributed by atoms with Crippen LogP contribution in [0.1, 0.15) is 41.1 Å². The van der Waals surface area contributed by atoms with E-state index in [0.717, 1.165) is 61.4 Å². The number of piperidine rings is 1. The summed E-state index contributed by atoms with van der Waals surface area (Å²) in [4.78, 5) is 22.8. The Hall–Kier alpha value is -4.21. The Balaban J connectivity index is 1.23. The number of likely N-dealkylation sites (N-methyl/N-ethyl adjacent to an activating group) is 1. The fourth-order valence-corrected chi connectivity index (χ4v) is 6.48. The second kappa shape index (κ2) is 15.4. The maximum Gasteiger partial charge on any atom is 0.253 e. The Morgan fingerprint density at radius 2 is 1.78 bits per heavy atom. The molecule has 2 heterocycles. The van der Waals surface area contributed by atoms with E-state index in [4.69, 9.17) is 30.8 Å². The van der Waals surface area contributed by atoms with Gasteiger partial charge in [-0.15, -0.1) is 6.58 Å². The van der Waals surface area contributed by atoms with Crippen molar-refractivity contribution in [2.45, 2.75) is 37.8 Å². The number of nitrogens with one attached hydrogen (secondary N) is 1. The Morgan fingerprint density at radius 3 is 2.43 bits per heavy atom. The monoisotopic (exact) mass is 645 g/mol. The lowest BCUT2D eigenvalue weighted by atomic mass is 9.94. The molecule has 0 bridgehead atoms. The molecule has 1 fully saturated rings. The fourth-order valence-electron chi connectivity index (χ4n) is 6.28. The highest BCUT2D eigenvalue weighted by molar-refractivity contribution is 6.30. The number of hydrogen-bond acceptors (Lipinski definition) is 7. The van der Waals surface area contributed by atoms with Gasteiger partial charge in [-0.1, -0.05) is 41.9 Å². The third-order valence-electron chi connectivity index (χ3n) is 8.75. The van der Waals surface area contributed by atoms with Crippen LogP contribution in [-0.2, 0) is 6.54 Å². The van der Waals surface area contributed by atoms with Gasteiger partial charge in [-0.25, -0.2) is 4.98 Å². The average molecular weight is 646 g/mol. The van der Waals surface area contributed by atoms with Gasteiger partial charge in [0.2, 0.25) is 11.7 Å². The first-order chi connectivity index (χ1) is 22.3. The zero-order valence-corrected chi connectivity index (χ0v) is 27.9. The molecular weight excluding hydrogens is 602 g/mol. The molecule has 1 amide bonds. The lowest BCUT2D eigenvalue weighted by molar-refractivity contribution is 0.0781. The summed E-state index contributed by atoms with van der Waals surface area (Å²) in [6.07, 6.45) is 4.85. The van der Waals surface area contributed by atoms with E-state index in [2.05, 4.69) is 39.6 Å². The first kappa shape index (κ1) is 33.2.